The van der Waals surface area contributed by atoms with E-state index >= 15 is 0 Å². The summed E-state index contributed by atoms with van der Waals surface area (Å²) in [7, 11) is 1.62. The molecule has 236 valence electrons. The summed E-state index contributed by atoms with van der Waals surface area (Å²) >= 11 is 0. The molecule has 1 aliphatic rings. The van der Waals surface area contributed by atoms with Gasteiger partial charge in [-0.3, -0.25) is 4.79 Å². The van der Waals surface area contributed by atoms with Crippen LogP contribution < -0.4 is 5.32 Å². The van der Waals surface area contributed by atoms with Crippen LogP contribution in [0.15, 0.2) is 12.5 Å². The van der Waals surface area contributed by atoms with Gasteiger partial charge < -0.3 is 29.7 Å². The minimum Gasteiger partial charge on any atom is -0.389 e. The Kier molecular flexibility index (Phi) is 26.7. The van der Waals surface area contributed by atoms with Crippen LogP contribution >= 0.6 is 0 Å². The number of nitrogens with zero attached hydrogens (tertiary/aromatic N) is 1. The van der Waals surface area contributed by atoms with Gasteiger partial charge in [0.15, 0.2) is 12.5 Å². The van der Waals surface area contributed by atoms with Crippen LogP contribution in [0.2, 0.25) is 0 Å². The first-order valence-corrected chi connectivity index (χ1v) is 16.6. The molecule has 0 amide bonds. The van der Waals surface area contributed by atoms with Crippen molar-refractivity contribution in [3.63, 3.8) is 0 Å². The number of nitrogens with one attached hydrogen (secondary N) is 1. The summed E-state index contributed by atoms with van der Waals surface area (Å²) in [4.78, 5) is 26.0. The first-order chi connectivity index (χ1) is 19.7. The zero-order chi connectivity index (χ0) is 28.8. The molecule has 0 aromatic rings. The first-order valence-electron chi connectivity index (χ1n) is 16.6. The summed E-state index contributed by atoms with van der Waals surface area (Å²) in [5.74, 6) is -0.324. The number of methoxy groups -OCH3 is 1. The highest BCUT2D eigenvalue weighted by Crippen LogP contribution is 2.16. The number of aliphatic hydroxyl groups excluding tert-OH is 1. The molecule has 0 saturated carbocycles. The maximum atomic E-state index is 11.6. The maximum absolute atomic E-state index is 11.6. The van der Waals surface area contributed by atoms with Gasteiger partial charge in [0, 0.05) is 20.1 Å². The number of carbonyl (C=O) groups excluding carboxylic acids is 1. The first kappa shape index (κ1) is 36.7. The molecule has 0 saturated heterocycles. The van der Waals surface area contributed by atoms with Crippen LogP contribution in [0.3, 0.4) is 0 Å². The van der Waals surface area contributed by atoms with Gasteiger partial charge in [0.05, 0.1) is 12.7 Å². The van der Waals surface area contributed by atoms with Gasteiger partial charge >= 0.3 is 5.97 Å². The largest absolute Gasteiger partial charge is 0.389 e. The SMILES string of the molecule is COCC(O)CNCCCCCCCCCCCCCCCCCCCCCCCCCC(=O)ON1OC=CO1. The predicted molar refractivity (Wildman–Crippen MR) is 161 cm³/mol. The van der Waals surface area contributed by atoms with Gasteiger partial charge in [0.2, 0.25) is 5.39 Å². The van der Waals surface area contributed by atoms with E-state index < -0.39 is 0 Å². The fourth-order valence-corrected chi connectivity index (χ4v) is 5.10. The molecule has 1 unspecified atom stereocenters. The van der Waals surface area contributed by atoms with E-state index in [0.29, 0.717) is 19.6 Å². The standard InChI is InChI=1S/C32H62N2O6/c1-37-30-31(35)29-33-26-24-22-20-18-16-14-12-10-8-6-4-2-3-5-7-9-11-13-15-17-19-21-23-25-32(36)40-34-38-27-28-39-34/h27-28,31,33,35H,2-26,29-30H2,1H3. The van der Waals surface area contributed by atoms with Gasteiger partial charge in [-0.2, -0.15) is 0 Å². The number of rotatable bonds is 31. The van der Waals surface area contributed by atoms with E-state index in [1.165, 1.54) is 147 Å². The van der Waals surface area contributed by atoms with Gasteiger partial charge in [0.1, 0.15) is 0 Å². The van der Waals surface area contributed by atoms with E-state index in [-0.39, 0.29) is 12.1 Å². The zero-order valence-electron chi connectivity index (χ0n) is 25.8. The van der Waals surface area contributed by atoms with E-state index in [4.69, 9.17) is 19.2 Å². The second kappa shape index (κ2) is 29.2. The molecule has 0 aliphatic carbocycles. The maximum Gasteiger partial charge on any atom is 0.332 e. The highest BCUT2D eigenvalue weighted by Gasteiger charge is 2.15. The van der Waals surface area contributed by atoms with E-state index in [1.54, 1.807) is 7.11 Å². The van der Waals surface area contributed by atoms with Gasteiger partial charge in [0.25, 0.3) is 0 Å². The monoisotopic (exact) mass is 570 g/mol. The molecule has 0 radical (unpaired) electrons. The normalized spacial score (nSPS) is 13.8. The average molecular weight is 571 g/mol. The highest BCUT2D eigenvalue weighted by atomic mass is 17.2. The van der Waals surface area contributed by atoms with Gasteiger partial charge in [-0.05, 0) is 19.4 Å². The molecule has 1 aliphatic heterocycles. The van der Waals surface area contributed by atoms with Crippen LogP contribution in [0, 0.1) is 0 Å². The number of hydrogen-bond acceptors (Lipinski definition) is 8. The zero-order valence-corrected chi connectivity index (χ0v) is 25.8. The van der Waals surface area contributed by atoms with Crippen LogP contribution in [-0.2, 0) is 24.0 Å². The van der Waals surface area contributed by atoms with Crippen molar-refractivity contribution in [2.24, 2.45) is 0 Å². The number of unbranched alkanes of at least 4 members (excludes halogenated alkanes) is 22. The number of aliphatic hydroxyl groups is 1. The fraction of sp³-hybridized carbons (Fsp3) is 0.906. The average Bonchev–Trinajstić information content (AvgIpc) is 3.45. The highest BCUT2D eigenvalue weighted by molar-refractivity contribution is 5.68. The lowest BCUT2D eigenvalue weighted by Gasteiger charge is -2.10. The van der Waals surface area contributed by atoms with Crippen molar-refractivity contribution in [3.8, 4) is 0 Å². The summed E-state index contributed by atoms with van der Waals surface area (Å²) in [6, 6.07) is 0. The summed E-state index contributed by atoms with van der Waals surface area (Å²) < 4.78 is 4.92. The van der Waals surface area contributed by atoms with E-state index in [9.17, 15) is 9.90 Å². The van der Waals surface area contributed by atoms with Crippen molar-refractivity contribution >= 4 is 5.97 Å². The Bertz CT molecular complexity index is 570. The van der Waals surface area contributed by atoms with Crippen molar-refractivity contribution in [2.75, 3.05) is 26.8 Å². The molecule has 1 rings (SSSR count). The second-order valence-corrected chi connectivity index (χ2v) is 11.4. The van der Waals surface area contributed by atoms with Crippen molar-refractivity contribution in [1.82, 2.24) is 10.7 Å². The van der Waals surface area contributed by atoms with Crippen LogP contribution in [-0.4, -0.2) is 49.4 Å². The molecule has 40 heavy (non-hydrogen) atoms. The van der Waals surface area contributed by atoms with Crippen molar-refractivity contribution in [2.45, 2.75) is 160 Å². The predicted octanol–water partition coefficient (Wildman–Crippen LogP) is 8.05. The van der Waals surface area contributed by atoms with Crippen LogP contribution in [0.1, 0.15) is 154 Å². The third kappa shape index (κ3) is 25.6. The Hall–Kier alpha value is -1.35. The Balaban J connectivity index is 1.64. The van der Waals surface area contributed by atoms with Crippen LogP contribution in [0.25, 0.3) is 0 Å². The summed E-state index contributed by atoms with van der Waals surface area (Å²) in [5.41, 5.74) is 0. The fourth-order valence-electron chi connectivity index (χ4n) is 5.10. The quantitative estimate of drug-likeness (QED) is 0.0809. The molecule has 8 heteroatoms. The third-order valence-corrected chi connectivity index (χ3v) is 7.50. The second-order valence-electron chi connectivity index (χ2n) is 11.4. The Morgan fingerprint density at radius 2 is 1.05 bits per heavy atom. The van der Waals surface area contributed by atoms with Crippen molar-refractivity contribution < 1.29 is 29.2 Å². The molecule has 0 fully saturated rings. The summed E-state index contributed by atoms with van der Waals surface area (Å²) in [5, 5.41) is 13.6. The molecular formula is C32H62N2O6. The molecule has 8 nitrogen and oxygen atoms in total. The van der Waals surface area contributed by atoms with Gasteiger partial charge in [-0.1, -0.05) is 135 Å². The molecule has 0 aromatic heterocycles. The van der Waals surface area contributed by atoms with E-state index in [0.717, 1.165) is 24.8 Å². The lowest BCUT2D eigenvalue weighted by atomic mass is 10.0. The Labute approximate surface area is 245 Å². The van der Waals surface area contributed by atoms with Crippen molar-refractivity contribution in [1.29, 1.82) is 0 Å². The minimum atomic E-state index is -0.385. The molecule has 0 aromatic carbocycles. The molecule has 2 N–H and O–H groups in total. The molecule has 0 spiro atoms. The number of carbonyl (C=O) groups is 1. The van der Waals surface area contributed by atoms with E-state index in [1.807, 2.05) is 0 Å². The third-order valence-electron chi connectivity index (χ3n) is 7.50. The molecular weight excluding hydrogens is 508 g/mol. The van der Waals surface area contributed by atoms with Crippen LogP contribution in [0.4, 0.5) is 0 Å². The Morgan fingerprint density at radius 3 is 1.45 bits per heavy atom. The number of hydrogen-bond donors (Lipinski definition) is 2. The topological polar surface area (TPSA) is 89.5 Å². The lowest BCUT2D eigenvalue weighted by molar-refractivity contribution is -0.450. The molecule has 0 bridgehead atoms. The van der Waals surface area contributed by atoms with Crippen molar-refractivity contribution in [3.05, 3.63) is 12.5 Å². The molecule has 1 atom stereocenters. The van der Waals surface area contributed by atoms with Crippen LogP contribution in [0.5, 0.6) is 0 Å². The lowest BCUT2D eigenvalue weighted by Crippen LogP contribution is -2.30. The number of ether oxygens (including phenoxy) is 1. The van der Waals surface area contributed by atoms with Gasteiger partial charge in [-0.25, -0.2) is 0 Å². The summed E-state index contributed by atoms with van der Waals surface area (Å²) in [6.07, 6.45) is 33.2. The minimum absolute atomic E-state index is 0.324. The smallest absolute Gasteiger partial charge is 0.332 e. The summed E-state index contributed by atoms with van der Waals surface area (Å²) in [6.45, 7) is 2.04. The molecule has 1 heterocycles. The Morgan fingerprint density at radius 1 is 0.675 bits per heavy atom. The van der Waals surface area contributed by atoms with E-state index in [2.05, 4.69) is 5.32 Å². The van der Waals surface area contributed by atoms with Gasteiger partial charge in [-0.15, -0.1) is 0 Å².